The van der Waals surface area contributed by atoms with Crippen LogP contribution >= 0.6 is 15.9 Å². The average Bonchev–Trinajstić information content (AvgIpc) is 3.02. The van der Waals surface area contributed by atoms with E-state index in [2.05, 4.69) is 15.9 Å². The van der Waals surface area contributed by atoms with Crippen LogP contribution in [0.5, 0.6) is 28.7 Å². The first-order valence-corrected chi connectivity index (χ1v) is 7.45. The number of fused-ring (bicyclic) bond motifs is 1. The number of halogens is 1. The molecule has 0 radical (unpaired) electrons. The zero-order chi connectivity index (χ0) is 16.4. The van der Waals surface area contributed by atoms with E-state index in [-0.39, 0.29) is 6.79 Å². The van der Waals surface area contributed by atoms with Gasteiger partial charge >= 0.3 is 5.97 Å². The van der Waals surface area contributed by atoms with Crippen LogP contribution in [0.15, 0.2) is 34.8 Å². The predicted molar refractivity (Wildman–Crippen MR) is 84.8 cm³/mol. The summed E-state index contributed by atoms with van der Waals surface area (Å²) in [5.41, 5.74) is 0.305. The van der Waals surface area contributed by atoms with Crippen molar-refractivity contribution in [3.05, 3.63) is 40.4 Å². The molecule has 0 unspecified atom stereocenters. The molecule has 1 aliphatic rings. The third-order valence-corrected chi connectivity index (χ3v) is 4.02. The lowest BCUT2D eigenvalue weighted by Gasteiger charge is -2.11. The van der Waals surface area contributed by atoms with Crippen molar-refractivity contribution in [2.24, 2.45) is 0 Å². The van der Waals surface area contributed by atoms with Crippen LogP contribution in [0.4, 0.5) is 0 Å². The van der Waals surface area contributed by atoms with Gasteiger partial charge in [-0.2, -0.15) is 0 Å². The second kappa shape index (κ2) is 6.37. The Morgan fingerprint density at radius 1 is 1.04 bits per heavy atom. The predicted octanol–water partition coefficient (Wildman–Crippen LogP) is 3.41. The minimum atomic E-state index is -0.534. The molecule has 0 N–H and O–H groups in total. The van der Waals surface area contributed by atoms with Crippen molar-refractivity contribution in [3.8, 4) is 28.7 Å². The molecule has 2 aromatic rings. The van der Waals surface area contributed by atoms with Crippen molar-refractivity contribution < 1.29 is 28.5 Å². The molecule has 0 fully saturated rings. The molecule has 7 heteroatoms. The highest BCUT2D eigenvalue weighted by Gasteiger charge is 2.18. The summed E-state index contributed by atoms with van der Waals surface area (Å²) in [6.45, 7) is 0.161. The summed E-state index contributed by atoms with van der Waals surface area (Å²) in [7, 11) is 3.01. The topological polar surface area (TPSA) is 63.2 Å². The Morgan fingerprint density at radius 3 is 2.35 bits per heavy atom. The van der Waals surface area contributed by atoms with E-state index in [1.165, 1.54) is 14.2 Å². The van der Waals surface area contributed by atoms with Gasteiger partial charge in [0, 0.05) is 6.07 Å². The SMILES string of the molecule is COc1cc(C(=O)Oc2ccc3c(c2)OCO3)cc(OC)c1Br. The number of carbonyl (C=O) groups excluding carboxylic acids is 1. The summed E-state index contributed by atoms with van der Waals surface area (Å²) in [6.07, 6.45) is 0. The fraction of sp³-hybridized carbons (Fsp3) is 0.188. The Bertz CT molecular complexity index is 733. The van der Waals surface area contributed by atoms with Crippen LogP contribution in [0.3, 0.4) is 0 Å². The summed E-state index contributed by atoms with van der Waals surface area (Å²) >= 11 is 3.35. The highest BCUT2D eigenvalue weighted by molar-refractivity contribution is 9.10. The quantitative estimate of drug-likeness (QED) is 0.598. The van der Waals surface area contributed by atoms with Crippen molar-refractivity contribution >= 4 is 21.9 Å². The summed E-state index contributed by atoms with van der Waals surface area (Å²) in [5, 5.41) is 0. The van der Waals surface area contributed by atoms with Crippen LogP contribution in [-0.2, 0) is 0 Å². The molecule has 3 rings (SSSR count). The second-order valence-corrected chi connectivity index (χ2v) is 5.39. The van der Waals surface area contributed by atoms with E-state index in [9.17, 15) is 4.79 Å². The van der Waals surface area contributed by atoms with E-state index >= 15 is 0 Å². The van der Waals surface area contributed by atoms with Crippen LogP contribution in [-0.4, -0.2) is 27.0 Å². The number of rotatable bonds is 4. The van der Waals surface area contributed by atoms with E-state index in [0.717, 1.165) is 0 Å². The number of carbonyl (C=O) groups is 1. The third kappa shape index (κ3) is 3.05. The van der Waals surface area contributed by atoms with Gasteiger partial charge in [0.25, 0.3) is 0 Å². The molecule has 2 aromatic carbocycles. The molecule has 0 aliphatic carbocycles. The van der Waals surface area contributed by atoms with Crippen molar-refractivity contribution in [1.29, 1.82) is 0 Å². The first-order valence-electron chi connectivity index (χ1n) is 6.65. The Balaban J connectivity index is 1.86. The molecule has 1 aliphatic heterocycles. The van der Waals surface area contributed by atoms with Crippen LogP contribution in [0.2, 0.25) is 0 Å². The van der Waals surface area contributed by atoms with Crippen molar-refractivity contribution in [3.63, 3.8) is 0 Å². The summed E-state index contributed by atoms with van der Waals surface area (Å²) in [6, 6.07) is 8.07. The maximum Gasteiger partial charge on any atom is 0.343 e. The maximum absolute atomic E-state index is 12.3. The van der Waals surface area contributed by atoms with Crippen molar-refractivity contribution in [1.82, 2.24) is 0 Å². The lowest BCUT2D eigenvalue weighted by Crippen LogP contribution is -2.09. The maximum atomic E-state index is 12.3. The normalized spacial score (nSPS) is 12.0. The minimum Gasteiger partial charge on any atom is -0.495 e. The monoisotopic (exact) mass is 380 g/mol. The van der Waals surface area contributed by atoms with Gasteiger partial charge in [0.05, 0.1) is 19.8 Å². The number of ether oxygens (including phenoxy) is 5. The molecule has 0 saturated carbocycles. The van der Waals surface area contributed by atoms with Gasteiger partial charge in [0.1, 0.15) is 21.7 Å². The van der Waals surface area contributed by atoms with Crippen LogP contribution in [0.25, 0.3) is 0 Å². The van der Waals surface area contributed by atoms with Gasteiger partial charge in [-0.1, -0.05) is 0 Å². The van der Waals surface area contributed by atoms with E-state index in [1.807, 2.05) is 0 Å². The number of esters is 1. The van der Waals surface area contributed by atoms with E-state index in [4.69, 9.17) is 23.7 Å². The molecule has 0 spiro atoms. The van der Waals surface area contributed by atoms with E-state index < -0.39 is 5.97 Å². The van der Waals surface area contributed by atoms with Gasteiger partial charge in [0.15, 0.2) is 11.5 Å². The Hall–Kier alpha value is -2.41. The first kappa shape index (κ1) is 15.5. The van der Waals surface area contributed by atoms with Crippen molar-refractivity contribution in [2.45, 2.75) is 0 Å². The van der Waals surface area contributed by atoms with Crippen LogP contribution < -0.4 is 23.7 Å². The number of hydrogen-bond donors (Lipinski definition) is 0. The summed E-state index contributed by atoms with van der Waals surface area (Å²) < 4.78 is 26.9. The highest BCUT2D eigenvalue weighted by Crippen LogP contribution is 2.37. The van der Waals surface area contributed by atoms with Crippen LogP contribution in [0, 0.1) is 0 Å². The molecule has 23 heavy (non-hydrogen) atoms. The molecule has 0 bridgehead atoms. The lowest BCUT2D eigenvalue weighted by atomic mass is 10.2. The van der Waals surface area contributed by atoms with Gasteiger partial charge in [-0.05, 0) is 40.2 Å². The molecular weight excluding hydrogens is 368 g/mol. The third-order valence-electron chi connectivity index (χ3n) is 3.24. The molecule has 0 amide bonds. The first-order chi connectivity index (χ1) is 11.1. The number of methoxy groups -OCH3 is 2. The zero-order valence-corrected chi connectivity index (χ0v) is 14.0. The largest absolute Gasteiger partial charge is 0.495 e. The highest BCUT2D eigenvalue weighted by atomic mass is 79.9. The Morgan fingerprint density at radius 2 is 1.70 bits per heavy atom. The lowest BCUT2D eigenvalue weighted by molar-refractivity contribution is 0.0733. The van der Waals surface area contributed by atoms with Gasteiger partial charge in [-0.15, -0.1) is 0 Å². The van der Waals surface area contributed by atoms with Crippen molar-refractivity contribution in [2.75, 3.05) is 21.0 Å². The molecule has 0 saturated heterocycles. The molecule has 1 heterocycles. The van der Waals surface area contributed by atoms with Gasteiger partial charge in [-0.3, -0.25) is 0 Å². The molecule has 120 valence electrons. The average molecular weight is 381 g/mol. The molecule has 6 nitrogen and oxygen atoms in total. The van der Waals surface area contributed by atoms with Gasteiger partial charge < -0.3 is 23.7 Å². The molecule has 0 aromatic heterocycles. The summed E-state index contributed by atoms with van der Waals surface area (Å²) in [5.74, 6) is 1.94. The Kier molecular flexibility index (Phi) is 4.29. The standard InChI is InChI=1S/C16H13BrO6/c1-19-13-5-9(6-14(20-2)15(13)17)16(18)23-10-3-4-11-12(7-10)22-8-21-11/h3-7H,8H2,1-2H3. The zero-order valence-electron chi connectivity index (χ0n) is 12.4. The van der Waals surface area contributed by atoms with Crippen LogP contribution in [0.1, 0.15) is 10.4 Å². The minimum absolute atomic E-state index is 0.161. The second-order valence-electron chi connectivity index (χ2n) is 4.60. The van der Waals surface area contributed by atoms with E-state index in [1.54, 1.807) is 30.3 Å². The number of hydrogen-bond acceptors (Lipinski definition) is 6. The Labute approximate surface area is 141 Å². The smallest absolute Gasteiger partial charge is 0.343 e. The van der Waals surface area contributed by atoms with E-state index in [0.29, 0.717) is 38.8 Å². The number of benzene rings is 2. The fourth-order valence-corrected chi connectivity index (χ4v) is 2.65. The van der Waals surface area contributed by atoms with Gasteiger partial charge in [-0.25, -0.2) is 4.79 Å². The fourth-order valence-electron chi connectivity index (χ4n) is 2.09. The molecular formula is C16H13BrO6. The summed E-state index contributed by atoms with van der Waals surface area (Å²) in [4.78, 5) is 12.3. The molecule has 0 atom stereocenters. The van der Waals surface area contributed by atoms with Gasteiger partial charge in [0.2, 0.25) is 6.79 Å².